The van der Waals surface area contributed by atoms with Gasteiger partial charge in [0.25, 0.3) is 0 Å². The van der Waals surface area contributed by atoms with E-state index in [1.807, 2.05) is 48.5 Å². The van der Waals surface area contributed by atoms with E-state index in [4.69, 9.17) is 14.3 Å². The first-order valence-corrected chi connectivity index (χ1v) is 14.1. The van der Waals surface area contributed by atoms with E-state index < -0.39 is 24.2 Å². The predicted octanol–water partition coefficient (Wildman–Crippen LogP) is 12.0. The van der Waals surface area contributed by atoms with Gasteiger partial charge in [-0.3, -0.25) is 0 Å². The molecule has 1 heteroatoms. The lowest BCUT2D eigenvalue weighted by Crippen LogP contribution is -1.97. The van der Waals surface area contributed by atoms with Gasteiger partial charge in [0, 0.05) is 10.9 Å². The zero-order chi connectivity index (χ0) is 35.9. The number of hydrogen-bond donors (Lipinski definition) is 0. The lowest BCUT2D eigenvalue weighted by atomic mass is 9.88. The van der Waals surface area contributed by atoms with Crippen molar-refractivity contribution in [1.29, 1.82) is 0 Å². The van der Waals surface area contributed by atoms with Gasteiger partial charge in [0.05, 0.1) is 12.3 Å². The van der Waals surface area contributed by atoms with Gasteiger partial charge >= 0.3 is 0 Å². The van der Waals surface area contributed by atoms with Crippen LogP contribution in [0.15, 0.2) is 145 Å². The monoisotopic (exact) mass is 553 g/mol. The van der Waals surface area contributed by atoms with E-state index >= 15 is 0 Å². The predicted molar refractivity (Wildman–Crippen MR) is 182 cm³/mol. The largest absolute Gasteiger partial charge is 0.456 e. The van der Waals surface area contributed by atoms with E-state index in [2.05, 4.69) is 42.5 Å². The van der Waals surface area contributed by atoms with Crippen molar-refractivity contribution in [3.8, 4) is 44.9 Å². The number of fused-ring (bicyclic) bond motifs is 3. The molecule has 43 heavy (non-hydrogen) atoms. The van der Waals surface area contributed by atoms with Crippen molar-refractivity contribution in [2.24, 2.45) is 0 Å². The number of ether oxygens (including phenoxy) is 1. The van der Waals surface area contributed by atoms with Gasteiger partial charge in [0.15, 0.2) is 0 Å². The van der Waals surface area contributed by atoms with Crippen LogP contribution in [0, 0.1) is 0 Å². The Morgan fingerprint density at radius 2 is 1.12 bits per heavy atom. The maximum atomic E-state index is 9.21. The summed E-state index contributed by atoms with van der Waals surface area (Å²) in [6.07, 6.45) is 0. The third kappa shape index (κ3) is 3.22. The van der Waals surface area contributed by atoms with E-state index in [0.717, 1.165) is 55.3 Å². The molecule has 198 valence electrons. The molecule has 1 nitrogen and oxygen atoms in total. The van der Waals surface area contributed by atoms with Crippen LogP contribution in [-0.4, -0.2) is 0 Å². The second kappa shape index (κ2) is 8.44. The van der Waals surface area contributed by atoms with Crippen molar-refractivity contribution in [2.45, 2.75) is 0 Å². The molecule has 0 spiro atoms. The van der Waals surface area contributed by atoms with E-state index in [1.165, 1.54) is 0 Å². The van der Waals surface area contributed by atoms with Gasteiger partial charge in [-0.1, -0.05) is 121 Å². The Kier molecular flexibility index (Phi) is 3.16. The fourth-order valence-corrected chi connectivity index (χ4v) is 6.68. The van der Waals surface area contributed by atoms with Crippen LogP contribution in [-0.2, 0) is 0 Å². The number of benzene rings is 9. The Bertz CT molecular complexity index is 3070. The molecule has 9 aromatic carbocycles. The molecular formula is C42H24O. The van der Waals surface area contributed by atoms with Crippen LogP contribution in [0.25, 0.3) is 87.2 Å². The Morgan fingerprint density at radius 3 is 1.98 bits per heavy atom. The topological polar surface area (TPSA) is 9.23 Å². The highest BCUT2D eigenvalue weighted by Crippen LogP contribution is 2.48. The standard InChI is InChI=1S/C42H24O/c1-2-10-38-34(7-1)36-9-4-8-35-33(21-22-39(43-38)42(35)36)30-16-12-25-11-15-29(23-31(25)24-30)32-19-17-28-14-13-26-5-3-6-27-18-20-37(32)41(28)40(26)27/h1-24H/i3D,5D,6D,13D,14D,17D,18D,19D,20D. The summed E-state index contributed by atoms with van der Waals surface area (Å²) in [6, 6.07) is 26.8. The highest BCUT2D eigenvalue weighted by Gasteiger charge is 2.21. The van der Waals surface area contributed by atoms with Crippen LogP contribution in [0.5, 0.6) is 11.5 Å². The molecule has 10 rings (SSSR count). The first kappa shape index (κ1) is 16.1. The molecule has 0 fully saturated rings. The molecule has 0 aromatic heterocycles. The summed E-state index contributed by atoms with van der Waals surface area (Å²) in [4.78, 5) is 0. The highest BCUT2D eigenvalue weighted by molar-refractivity contribution is 6.25. The van der Waals surface area contributed by atoms with Gasteiger partial charge in [-0.2, -0.15) is 0 Å². The van der Waals surface area contributed by atoms with Crippen molar-refractivity contribution in [3.63, 3.8) is 0 Å². The maximum Gasteiger partial charge on any atom is 0.135 e. The van der Waals surface area contributed by atoms with Crippen molar-refractivity contribution < 1.29 is 17.1 Å². The Balaban J connectivity index is 1.24. The minimum atomic E-state index is -0.488. The second-order valence-electron chi connectivity index (χ2n) is 11.0. The molecule has 1 heterocycles. The number of hydrogen-bond acceptors (Lipinski definition) is 1. The first-order valence-electron chi connectivity index (χ1n) is 18.6. The lowest BCUT2D eigenvalue weighted by molar-refractivity contribution is 0.487. The number of para-hydroxylation sites is 1. The molecule has 0 N–H and O–H groups in total. The average molecular weight is 554 g/mol. The van der Waals surface area contributed by atoms with Crippen LogP contribution >= 0.6 is 0 Å². The molecular weight excluding hydrogens is 520 g/mol. The smallest absolute Gasteiger partial charge is 0.135 e. The molecule has 0 saturated carbocycles. The van der Waals surface area contributed by atoms with Crippen molar-refractivity contribution >= 4 is 53.9 Å². The van der Waals surface area contributed by atoms with Gasteiger partial charge < -0.3 is 4.74 Å². The highest BCUT2D eigenvalue weighted by atomic mass is 16.5. The first-order chi connectivity index (χ1) is 25.1. The summed E-state index contributed by atoms with van der Waals surface area (Å²) in [6.45, 7) is 0. The van der Waals surface area contributed by atoms with Crippen LogP contribution in [0.1, 0.15) is 12.3 Å². The SMILES string of the molecule is [2H]c1c([2H])c2c([2H])c([2H])c3c([2H])c([2H])c(-c4ccc5ccc(-c6ccc7c8c(cccc68)-c6ccccc6O7)cc5c4)c4c([2H])c([2H])c(c1[2H])c2c34. The molecule has 0 bridgehead atoms. The van der Waals surface area contributed by atoms with E-state index in [1.54, 1.807) is 0 Å². The van der Waals surface area contributed by atoms with Crippen LogP contribution in [0.3, 0.4) is 0 Å². The lowest BCUT2D eigenvalue weighted by Gasteiger charge is -2.22. The van der Waals surface area contributed by atoms with E-state index in [9.17, 15) is 2.74 Å². The fourth-order valence-electron chi connectivity index (χ4n) is 6.68. The summed E-state index contributed by atoms with van der Waals surface area (Å²) in [5.74, 6) is 1.61. The summed E-state index contributed by atoms with van der Waals surface area (Å²) < 4.78 is 86.0. The zero-order valence-corrected chi connectivity index (χ0v) is 22.6. The molecule has 0 unspecified atom stereocenters. The van der Waals surface area contributed by atoms with Gasteiger partial charge in [0.2, 0.25) is 0 Å². The fraction of sp³-hybridized carbons (Fsp3) is 0. The number of rotatable bonds is 2. The molecule has 1 aliphatic heterocycles. The van der Waals surface area contributed by atoms with Gasteiger partial charge in [-0.05, 0) is 101 Å². The molecule has 0 saturated heterocycles. The van der Waals surface area contributed by atoms with Crippen molar-refractivity contribution in [3.05, 3.63) is 145 Å². The summed E-state index contributed by atoms with van der Waals surface area (Å²) in [5, 5.41) is 4.20. The van der Waals surface area contributed by atoms with Gasteiger partial charge in [-0.25, -0.2) is 0 Å². The zero-order valence-electron chi connectivity index (χ0n) is 31.6. The third-order valence-corrected chi connectivity index (χ3v) is 8.65. The molecule has 0 radical (unpaired) electrons. The molecule has 0 aliphatic carbocycles. The summed E-state index contributed by atoms with van der Waals surface area (Å²) in [7, 11) is 0. The quantitative estimate of drug-likeness (QED) is 0.193. The Hall–Kier alpha value is -5.66. The molecule has 1 aliphatic rings. The minimum Gasteiger partial charge on any atom is -0.456 e. The van der Waals surface area contributed by atoms with Crippen LogP contribution in [0.4, 0.5) is 0 Å². The average Bonchev–Trinajstić information content (AvgIpc) is 3.15. The minimum absolute atomic E-state index is 0.0335. The normalized spacial score (nSPS) is 15.3. The van der Waals surface area contributed by atoms with Crippen LogP contribution < -0.4 is 4.74 Å². The molecule has 0 amide bonds. The van der Waals surface area contributed by atoms with E-state index in [0.29, 0.717) is 5.56 Å². The summed E-state index contributed by atoms with van der Waals surface area (Å²) in [5.41, 5.74) is 4.88. The van der Waals surface area contributed by atoms with Gasteiger partial charge in [0.1, 0.15) is 11.5 Å². The second-order valence-corrected chi connectivity index (χ2v) is 11.0. The summed E-state index contributed by atoms with van der Waals surface area (Å²) >= 11 is 0. The third-order valence-electron chi connectivity index (χ3n) is 8.65. The molecule has 0 atom stereocenters. The van der Waals surface area contributed by atoms with Crippen molar-refractivity contribution in [1.82, 2.24) is 0 Å². The van der Waals surface area contributed by atoms with Crippen LogP contribution in [0.2, 0.25) is 0 Å². The maximum absolute atomic E-state index is 9.21. The van der Waals surface area contributed by atoms with E-state index in [-0.39, 0.29) is 68.1 Å². The Morgan fingerprint density at radius 1 is 0.395 bits per heavy atom. The Labute approximate surface area is 261 Å². The molecule has 9 aromatic rings. The van der Waals surface area contributed by atoms with Gasteiger partial charge in [-0.15, -0.1) is 0 Å². The van der Waals surface area contributed by atoms with Crippen molar-refractivity contribution in [2.75, 3.05) is 0 Å².